The summed E-state index contributed by atoms with van der Waals surface area (Å²) in [6.07, 6.45) is 0. The van der Waals surface area contributed by atoms with Crippen molar-refractivity contribution in [1.82, 2.24) is 16.0 Å². The molecule has 8 heteroatoms. The summed E-state index contributed by atoms with van der Waals surface area (Å²) in [5, 5.41) is 10.9. The molecule has 1 atom stereocenters. The molecule has 0 radical (unpaired) electrons. The Morgan fingerprint density at radius 3 is 2.76 bits per heavy atom. The Morgan fingerprint density at radius 2 is 2.14 bits per heavy atom. The highest BCUT2D eigenvalue weighted by atomic mass is 35.5. The van der Waals surface area contributed by atoms with Crippen molar-refractivity contribution in [2.45, 2.75) is 6.04 Å². The lowest BCUT2D eigenvalue weighted by molar-refractivity contribution is -0.124. The lowest BCUT2D eigenvalue weighted by atomic mass is 10.1. The van der Waals surface area contributed by atoms with Gasteiger partial charge in [0.1, 0.15) is 6.04 Å². The Kier molecular flexibility index (Phi) is 4.77. The van der Waals surface area contributed by atoms with E-state index in [0.29, 0.717) is 10.7 Å². The van der Waals surface area contributed by atoms with Gasteiger partial charge in [0.2, 0.25) is 11.8 Å². The molecule has 1 fully saturated rings. The van der Waals surface area contributed by atoms with E-state index in [1.807, 2.05) is 0 Å². The predicted molar refractivity (Wildman–Crippen MR) is 78.3 cm³/mol. The number of carbonyl (C=O) groups excluding carboxylic acids is 3. The van der Waals surface area contributed by atoms with Gasteiger partial charge in [-0.05, 0) is 18.2 Å². The fourth-order valence-corrected chi connectivity index (χ4v) is 2.10. The van der Waals surface area contributed by atoms with Crippen LogP contribution in [-0.4, -0.2) is 43.9 Å². The topological polar surface area (TPSA) is 99.3 Å². The van der Waals surface area contributed by atoms with E-state index < -0.39 is 6.04 Å². The molecule has 1 saturated heterocycles. The third-order valence-electron chi connectivity index (χ3n) is 3.03. The van der Waals surface area contributed by atoms with E-state index in [2.05, 4.69) is 21.3 Å². The summed E-state index contributed by atoms with van der Waals surface area (Å²) in [6, 6.07) is 4.13. The highest BCUT2D eigenvalue weighted by Crippen LogP contribution is 2.20. The van der Waals surface area contributed by atoms with E-state index in [0.717, 1.165) is 0 Å². The lowest BCUT2D eigenvalue weighted by Crippen LogP contribution is -2.56. The van der Waals surface area contributed by atoms with Gasteiger partial charge in [0.25, 0.3) is 5.91 Å². The van der Waals surface area contributed by atoms with E-state index in [1.54, 1.807) is 6.07 Å². The van der Waals surface area contributed by atoms with Crippen LogP contribution in [0.25, 0.3) is 0 Å². The van der Waals surface area contributed by atoms with Crippen molar-refractivity contribution in [3.05, 3.63) is 28.8 Å². The number of benzene rings is 1. The Balaban J connectivity index is 2.07. The summed E-state index contributed by atoms with van der Waals surface area (Å²) in [5.41, 5.74) is 0.739. The summed E-state index contributed by atoms with van der Waals surface area (Å²) in [5.74, 6) is -0.772. The number of rotatable bonds is 3. The maximum Gasteiger partial charge on any atom is 0.252 e. The van der Waals surface area contributed by atoms with Crippen LogP contribution in [0.4, 0.5) is 5.69 Å². The molecule has 7 nitrogen and oxygen atoms in total. The van der Waals surface area contributed by atoms with Crippen molar-refractivity contribution in [1.29, 1.82) is 0 Å². The molecule has 1 aliphatic rings. The molecule has 1 aliphatic heterocycles. The van der Waals surface area contributed by atoms with Gasteiger partial charge in [-0.25, -0.2) is 0 Å². The summed E-state index contributed by atoms with van der Waals surface area (Å²) in [7, 11) is 1.50. The zero-order valence-corrected chi connectivity index (χ0v) is 12.1. The molecule has 112 valence electrons. The standard InChI is InChI=1S/C13H15ClN4O3/c1-15-12(20)8-4-7(2-3-9(8)14)18-13(21)10-5-17-11(19)6-16-10/h2-4,10,16H,5-6H2,1H3,(H,15,20)(H,17,19)(H,18,21). The molecular formula is C13H15ClN4O3. The molecular weight excluding hydrogens is 296 g/mol. The third-order valence-corrected chi connectivity index (χ3v) is 3.36. The quantitative estimate of drug-likeness (QED) is 0.617. The molecule has 0 spiro atoms. The van der Waals surface area contributed by atoms with E-state index >= 15 is 0 Å². The SMILES string of the molecule is CNC(=O)c1cc(NC(=O)C2CNC(=O)CN2)ccc1Cl. The van der Waals surface area contributed by atoms with Crippen molar-refractivity contribution in [3.63, 3.8) is 0 Å². The average molecular weight is 311 g/mol. The fourth-order valence-electron chi connectivity index (χ4n) is 1.89. The van der Waals surface area contributed by atoms with Crippen LogP contribution in [0.5, 0.6) is 0 Å². The van der Waals surface area contributed by atoms with Crippen molar-refractivity contribution in [2.24, 2.45) is 0 Å². The van der Waals surface area contributed by atoms with Gasteiger partial charge in [0.15, 0.2) is 0 Å². The monoisotopic (exact) mass is 310 g/mol. The average Bonchev–Trinajstić information content (AvgIpc) is 2.49. The molecule has 21 heavy (non-hydrogen) atoms. The minimum Gasteiger partial charge on any atom is -0.355 e. The van der Waals surface area contributed by atoms with Gasteiger partial charge in [0, 0.05) is 19.3 Å². The van der Waals surface area contributed by atoms with Gasteiger partial charge < -0.3 is 16.0 Å². The van der Waals surface area contributed by atoms with Crippen LogP contribution in [-0.2, 0) is 9.59 Å². The smallest absolute Gasteiger partial charge is 0.252 e. The number of hydrogen-bond donors (Lipinski definition) is 4. The van der Waals surface area contributed by atoms with Gasteiger partial charge in [-0.1, -0.05) is 11.6 Å². The van der Waals surface area contributed by atoms with Gasteiger partial charge in [-0.3, -0.25) is 19.7 Å². The molecule has 2 rings (SSSR count). The Morgan fingerprint density at radius 1 is 1.38 bits per heavy atom. The van der Waals surface area contributed by atoms with Crippen LogP contribution in [0.2, 0.25) is 5.02 Å². The largest absolute Gasteiger partial charge is 0.355 e. The second-order valence-corrected chi connectivity index (χ2v) is 4.91. The maximum absolute atomic E-state index is 12.1. The summed E-state index contributed by atoms with van der Waals surface area (Å²) in [6.45, 7) is 0.322. The number of amides is 3. The van der Waals surface area contributed by atoms with Crippen LogP contribution >= 0.6 is 11.6 Å². The van der Waals surface area contributed by atoms with Crippen LogP contribution in [0.15, 0.2) is 18.2 Å². The Bertz CT molecular complexity index is 581. The second-order valence-electron chi connectivity index (χ2n) is 4.50. The van der Waals surface area contributed by atoms with Crippen LogP contribution in [0.3, 0.4) is 0 Å². The number of piperazine rings is 1. The Hall–Kier alpha value is -2.12. The highest BCUT2D eigenvalue weighted by molar-refractivity contribution is 6.34. The lowest BCUT2D eigenvalue weighted by Gasteiger charge is -2.23. The zero-order valence-electron chi connectivity index (χ0n) is 11.3. The predicted octanol–water partition coefficient (Wildman–Crippen LogP) is -0.274. The fraction of sp³-hybridized carbons (Fsp3) is 0.308. The highest BCUT2D eigenvalue weighted by Gasteiger charge is 2.24. The number of hydrogen-bond acceptors (Lipinski definition) is 4. The number of carbonyl (C=O) groups is 3. The first kappa shape index (κ1) is 15.3. The van der Waals surface area contributed by atoms with Crippen LogP contribution in [0, 0.1) is 0 Å². The van der Waals surface area contributed by atoms with E-state index in [1.165, 1.54) is 19.2 Å². The van der Waals surface area contributed by atoms with E-state index in [9.17, 15) is 14.4 Å². The van der Waals surface area contributed by atoms with Crippen molar-refractivity contribution in [3.8, 4) is 0 Å². The van der Waals surface area contributed by atoms with Gasteiger partial charge in [0.05, 0.1) is 17.1 Å². The van der Waals surface area contributed by atoms with Gasteiger partial charge in [-0.15, -0.1) is 0 Å². The van der Waals surface area contributed by atoms with Crippen LogP contribution in [0.1, 0.15) is 10.4 Å². The molecule has 3 amide bonds. The molecule has 1 aromatic rings. The summed E-state index contributed by atoms with van der Waals surface area (Å²) >= 11 is 5.94. The van der Waals surface area contributed by atoms with Crippen LogP contribution < -0.4 is 21.3 Å². The normalized spacial score (nSPS) is 17.8. The number of halogens is 1. The minimum atomic E-state index is -0.512. The first-order chi connectivity index (χ1) is 10.0. The van der Waals surface area contributed by atoms with Gasteiger partial charge in [-0.2, -0.15) is 0 Å². The molecule has 0 aromatic heterocycles. The van der Waals surface area contributed by atoms with Crippen molar-refractivity contribution >= 4 is 35.0 Å². The maximum atomic E-state index is 12.1. The number of anilines is 1. The third kappa shape index (κ3) is 3.71. The first-order valence-electron chi connectivity index (χ1n) is 6.34. The molecule has 0 saturated carbocycles. The molecule has 1 aromatic carbocycles. The Labute approximate surface area is 126 Å². The molecule has 1 heterocycles. The van der Waals surface area contributed by atoms with Gasteiger partial charge >= 0.3 is 0 Å². The first-order valence-corrected chi connectivity index (χ1v) is 6.71. The van der Waals surface area contributed by atoms with E-state index in [-0.39, 0.29) is 36.4 Å². The molecule has 1 unspecified atom stereocenters. The summed E-state index contributed by atoms with van der Waals surface area (Å²) < 4.78 is 0. The molecule has 4 N–H and O–H groups in total. The summed E-state index contributed by atoms with van der Waals surface area (Å²) in [4.78, 5) is 34.7. The molecule has 0 aliphatic carbocycles. The number of nitrogens with one attached hydrogen (secondary N) is 4. The van der Waals surface area contributed by atoms with Crippen molar-refractivity contribution in [2.75, 3.05) is 25.5 Å². The van der Waals surface area contributed by atoms with E-state index in [4.69, 9.17) is 11.6 Å². The van der Waals surface area contributed by atoms with Crippen molar-refractivity contribution < 1.29 is 14.4 Å². The zero-order chi connectivity index (χ0) is 15.4. The molecule has 0 bridgehead atoms. The second kappa shape index (κ2) is 6.55. The minimum absolute atomic E-state index is 0.0994.